The summed E-state index contributed by atoms with van der Waals surface area (Å²) >= 11 is 0. The van der Waals surface area contributed by atoms with E-state index in [9.17, 15) is 17.6 Å². The smallest absolute Gasteiger partial charge is 0.485 e. The summed E-state index contributed by atoms with van der Waals surface area (Å²) in [4.78, 5) is 0. The van der Waals surface area contributed by atoms with Gasteiger partial charge in [0.25, 0.3) is 0 Å². The number of aromatic amines is 1. The Labute approximate surface area is 150 Å². The Balaban J connectivity index is 1.85. The average Bonchev–Trinajstić information content (AvgIpc) is 3.08. The molecule has 0 radical (unpaired) electrons. The third-order valence-corrected chi connectivity index (χ3v) is 3.39. The Hall–Kier alpha value is -3.61. The molecule has 3 aromatic rings. The van der Waals surface area contributed by atoms with Crippen LogP contribution in [0.3, 0.4) is 0 Å². The number of H-pyrrole nitrogens is 1. The average molecular weight is 378 g/mol. The predicted octanol–water partition coefficient (Wildman–Crippen LogP) is 3.96. The van der Waals surface area contributed by atoms with Crippen LogP contribution in [0.2, 0.25) is 0 Å². The van der Waals surface area contributed by atoms with Crippen molar-refractivity contribution in [3.63, 3.8) is 0 Å². The lowest BCUT2D eigenvalue weighted by molar-refractivity contribution is -0.274. The van der Waals surface area contributed by atoms with Crippen molar-refractivity contribution in [2.24, 2.45) is 0 Å². The van der Waals surface area contributed by atoms with E-state index in [0.29, 0.717) is 5.56 Å². The minimum absolute atomic E-state index is 0.0500. The molecule has 0 saturated carbocycles. The normalized spacial score (nSPS) is 11.1. The third-order valence-electron chi connectivity index (χ3n) is 3.39. The quantitative estimate of drug-likeness (QED) is 0.680. The summed E-state index contributed by atoms with van der Waals surface area (Å²) in [5.41, 5.74) is 0.557. The molecule has 0 amide bonds. The van der Waals surface area contributed by atoms with E-state index < -0.39 is 17.9 Å². The summed E-state index contributed by atoms with van der Waals surface area (Å²) < 4.78 is 60.5. The van der Waals surface area contributed by atoms with Crippen LogP contribution in [0.1, 0.15) is 11.3 Å². The number of aromatic nitrogens is 3. The van der Waals surface area contributed by atoms with Crippen molar-refractivity contribution in [3.05, 3.63) is 59.5 Å². The Morgan fingerprint density at radius 1 is 1.11 bits per heavy atom. The molecule has 0 aliphatic heterocycles. The van der Waals surface area contributed by atoms with Gasteiger partial charge >= 0.3 is 6.36 Å². The first kappa shape index (κ1) is 18.2. The second-order valence-electron chi connectivity index (χ2n) is 5.23. The second-order valence-corrected chi connectivity index (χ2v) is 5.23. The van der Waals surface area contributed by atoms with Crippen LogP contribution in [0.4, 0.5) is 17.6 Å². The van der Waals surface area contributed by atoms with Gasteiger partial charge in [-0.2, -0.15) is 15.6 Å². The SMILES string of the molecule is N#Cc1n[nH]nc1-c1cccc(F)c1OCc1cccc(OC(F)(F)F)c1. The van der Waals surface area contributed by atoms with Gasteiger partial charge in [-0.15, -0.1) is 18.3 Å². The molecule has 0 saturated heterocycles. The highest BCUT2D eigenvalue weighted by molar-refractivity contribution is 5.70. The highest BCUT2D eigenvalue weighted by Gasteiger charge is 2.31. The molecule has 6 nitrogen and oxygen atoms in total. The number of benzene rings is 2. The summed E-state index contributed by atoms with van der Waals surface area (Å²) in [5, 5.41) is 18.8. The number of hydrogen-bond donors (Lipinski definition) is 1. The Morgan fingerprint density at radius 3 is 2.63 bits per heavy atom. The molecule has 2 aromatic carbocycles. The van der Waals surface area contributed by atoms with Gasteiger partial charge in [0.1, 0.15) is 24.1 Å². The molecule has 0 fully saturated rings. The molecule has 0 spiro atoms. The maximum Gasteiger partial charge on any atom is 0.573 e. The Bertz CT molecular complexity index is 995. The van der Waals surface area contributed by atoms with Gasteiger partial charge in [0.15, 0.2) is 17.3 Å². The number of para-hydroxylation sites is 1. The van der Waals surface area contributed by atoms with Crippen molar-refractivity contribution in [3.8, 4) is 28.8 Å². The first-order chi connectivity index (χ1) is 12.9. The number of hydrogen-bond acceptors (Lipinski definition) is 5. The molecule has 0 atom stereocenters. The second kappa shape index (κ2) is 7.33. The zero-order valence-electron chi connectivity index (χ0n) is 13.4. The summed E-state index contributed by atoms with van der Waals surface area (Å²) in [7, 11) is 0. The van der Waals surface area contributed by atoms with E-state index in [2.05, 4.69) is 20.1 Å². The Kier molecular flexibility index (Phi) is 4.94. The summed E-state index contributed by atoms with van der Waals surface area (Å²) in [6.07, 6.45) is -4.82. The third kappa shape index (κ3) is 4.33. The van der Waals surface area contributed by atoms with Crippen LogP contribution in [0.5, 0.6) is 11.5 Å². The van der Waals surface area contributed by atoms with Crippen molar-refractivity contribution in [2.45, 2.75) is 13.0 Å². The van der Waals surface area contributed by atoms with E-state index >= 15 is 0 Å². The lowest BCUT2D eigenvalue weighted by Crippen LogP contribution is -2.17. The van der Waals surface area contributed by atoms with Gasteiger partial charge in [-0.1, -0.05) is 18.2 Å². The first-order valence-electron chi connectivity index (χ1n) is 7.44. The van der Waals surface area contributed by atoms with Crippen LogP contribution >= 0.6 is 0 Å². The van der Waals surface area contributed by atoms with Crippen LogP contribution < -0.4 is 9.47 Å². The van der Waals surface area contributed by atoms with Gasteiger partial charge in [-0.25, -0.2) is 4.39 Å². The van der Waals surface area contributed by atoms with Gasteiger partial charge in [-0.05, 0) is 29.8 Å². The van der Waals surface area contributed by atoms with Crippen LogP contribution in [0.15, 0.2) is 42.5 Å². The van der Waals surface area contributed by atoms with Gasteiger partial charge in [0, 0.05) is 0 Å². The van der Waals surface area contributed by atoms with Crippen LogP contribution in [-0.4, -0.2) is 21.8 Å². The number of ether oxygens (including phenoxy) is 2. The van der Waals surface area contributed by atoms with Crippen LogP contribution in [0, 0.1) is 17.1 Å². The lowest BCUT2D eigenvalue weighted by atomic mass is 10.1. The van der Waals surface area contributed by atoms with Gasteiger partial charge < -0.3 is 9.47 Å². The van der Waals surface area contributed by atoms with Crippen molar-refractivity contribution < 1.29 is 27.0 Å². The standard InChI is InChI=1S/C17H10F4N4O2/c18-13-6-2-5-12(15-14(8-22)23-25-24-15)16(13)26-9-10-3-1-4-11(7-10)27-17(19,20)21/h1-7H,9H2,(H,23,24,25). The lowest BCUT2D eigenvalue weighted by Gasteiger charge is -2.13. The minimum Gasteiger partial charge on any atom is -0.485 e. The van der Waals surface area contributed by atoms with Crippen molar-refractivity contribution in [2.75, 3.05) is 0 Å². The summed E-state index contributed by atoms with van der Waals surface area (Å²) in [5.74, 6) is -1.34. The van der Waals surface area contributed by atoms with E-state index in [0.717, 1.165) is 18.2 Å². The highest BCUT2D eigenvalue weighted by Crippen LogP contribution is 2.33. The van der Waals surface area contributed by atoms with E-state index in [-0.39, 0.29) is 29.3 Å². The molecule has 0 aliphatic rings. The molecule has 10 heteroatoms. The number of nitrogens with one attached hydrogen (secondary N) is 1. The van der Waals surface area contributed by atoms with Crippen molar-refractivity contribution >= 4 is 0 Å². The van der Waals surface area contributed by atoms with Gasteiger partial charge in [0.05, 0.1) is 5.56 Å². The molecule has 138 valence electrons. The number of alkyl halides is 3. The van der Waals surface area contributed by atoms with E-state index in [1.54, 1.807) is 0 Å². The zero-order valence-corrected chi connectivity index (χ0v) is 13.4. The maximum atomic E-state index is 14.2. The molecular formula is C17H10F4N4O2. The monoisotopic (exact) mass is 378 g/mol. The molecule has 1 N–H and O–H groups in total. The van der Waals surface area contributed by atoms with Crippen LogP contribution in [-0.2, 0) is 6.61 Å². The van der Waals surface area contributed by atoms with E-state index in [4.69, 9.17) is 10.00 Å². The Morgan fingerprint density at radius 2 is 1.89 bits per heavy atom. The fraction of sp³-hybridized carbons (Fsp3) is 0.118. The molecule has 0 unspecified atom stereocenters. The zero-order chi connectivity index (χ0) is 19.4. The highest BCUT2D eigenvalue weighted by atomic mass is 19.4. The predicted molar refractivity (Wildman–Crippen MR) is 83.9 cm³/mol. The summed E-state index contributed by atoms with van der Waals surface area (Å²) in [6.45, 7) is -0.233. The summed E-state index contributed by atoms with van der Waals surface area (Å²) in [6, 6.07) is 11.0. The number of nitrogens with zero attached hydrogens (tertiary/aromatic N) is 3. The van der Waals surface area contributed by atoms with Crippen molar-refractivity contribution in [1.29, 1.82) is 5.26 Å². The van der Waals surface area contributed by atoms with Crippen LogP contribution in [0.25, 0.3) is 11.3 Å². The fourth-order valence-corrected chi connectivity index (χ4v) is 2.33. The first-order valence-corrected chi connectivity index (χ1v) is 7.44. The number of rotatable bonds is 5. The fourth-order valence-electron chi connectivity index (χ4n) is 2.33. The number of halogens is 4. The molecule has 27 heavy (non-hydrogen) atoms. The molecule has 0 bridgehead atoms. The topological polar surface area (TPSA) is 83.8 Å². The maximum absolute atomic E-state index is 14.2. The molecule has 1 heterocycles. The van der Waals surface area contributed by atoms with Gasteiger partial charge in [-0.3, -0.25) is 0 Å². The molecule has 1 aromatic heterocycles. The minimum atomic E-state index is -4.82. The number of nitriles is 1. The largest absolute Gasteiger partial charge is 0.573 e. The van der Waals surface area contributed by atoms with E-state index in [1.165, 1.54) is 24.3 Å². The molecule has 0 aliphatic carbocycles. The molecule has 3 rings (SSSR count). The van der Waals surface area contributed by atoms with Crippen molar-refractivity contribution in [1.82, 2.24) is 15.4 Å². The molecular weight excluding hydrogens is 368 g/mol. The van der Waals surface area contributed by atoms with Gasteiger partial charge in [0.2, 0.25) is 0 Å². The van der Waals surface area contributed by atoms with E-state index in [1.807, 2.05) is 6.07 Å².